The molecule has 0 aliphatic carbocycles. The summed E-state index contributed by atoms with van der Waals surface area (Å²) in [6.07, 6.45) is 1.72. The Hall–Kier alpha value is -1.26. The van der Waals surface area contributed by atoms with E-state index in [0.29, 0.717) is 11.8 Å². The first-order valence-electron chi connectivity index (χ1n) is 6.40. The van der Waals surface area contributed by atoms with E-state index in [9.17, 15) is 0 Å². The van der Waals surface area contributed by atoms with Gasteiger partial charge in [-0.2, -0.15) is 0 Å². The molecule has 1 aromatic carbocycles. The minimum atomic E-state index is 0.167. The van der Waals surface area contributed by atoms with Crippen molar-refractivity contribution >= 4 is 33.2 Å². The first-order chi connectivity index (χ1) is 9.60. The molecule has 0 aliphatic rings. The molecule has 2 aromatic rings. The third-order valence-electron chi connectivity index (χ3n) is 2.87. The number of halogens is 2. The lowest BCUT2D eigenvalue weighted by Crippen LogP contribution is -2.07. The van der Waals surface area contributed by atoms with Gasteiger partial charge in [-0.3, -0.25) is 0 Å². The molecule has 1 unspecified atom stereocenters. The number of anilines is 1. The lowest BCUT2D eigenvalue weighted by molar-refractivity contribution is 0.340. The Kier molecular flexibility index (Phi) is 5.26. The zero-order chi connectivity index (χ0) is 14.5. The van der Waals surface area contributed by atoms with E-state index in [1.165, 1.54) is 5.56 Å². The van der Waals surface area contributed by atoms with Crippen LogP contribution in [-0.2, 0) is 0 Å². The third-order valence-corrected chi connectivity index (χ3v) is 4.00. The summed E-state index contributed by atoms with van der Waals surface area (Å²) in [5.41, 5.74) is 2.10. The number of pyridine rings is 1. The standard InChI is InChI=1S/C15H16BrClN2O/c1-3-20-13-6-4-11(5-7-13)10(2)19-12-8-14(16)15(17)18-9-12/h4-10,19H,3H2,1-2H3. The lowest BCUT2D eigenvalue weighted by Gasteiger charge is -2.16. The van der Waals surface area contributed by atoms with E-state index < -0.39 is 0 Å². The van der Waals surface area contributed by atoms with Crippen molar-refractivity contribution in [2.45, 2.75) is 19.9 Å². The Labute approximate surface area is 132 Å². The van der Waals surface area contributed by atoms with Crippen LogP contribution < -0.4 is 10.1 Å². The van der Waals surface area contributed by atoms with Crippen LogP contribution in [0.15, 0.2) is 41.0 Å². The molecule has 3 nitrogen and oxygen atoms in total. The van der Waals surface area contributed by atoms with Crippen molar-refractivity contribution in [2.24, 2.45) is 0 Å². The fourth-order valence-corrected chi connectivity index (χ4v) is 2.31. The largest absolute Gasteiger partial charge is 0.494 e. The van der Waals surface area contributed by atoms with E-state index in [2.05, 4.69) is 45.3 Å². The van der Waals surface area contributed by atoms with Crippen LogP contribution in [0.5, 0.6) is 5.75 Å². The number of ether oxygens (including phenoxy) is 1. The summed E-state index contributed by atoms with van der Waals surface area (Å²) in [4.78, 5) is 4.10. The molecular formula is C15H16BrClN2O. The molecule has 2 rings (SSSR count). The highest BCUT2D eigenvalue weighted by Crippen LogP contribution is 2.26. The molecule has 1 atom stereocenters. The highest BCUT2D eigenvalue weighted by atomic mass is 79.9. The van der Waals surface area contributed by atoms with E-state index in [0.717, 1.165) is 15.9 Å². The van der Waals surface area contributed by atoms with E-state index >= 15 is 0 Å². The molecule has 0 amide bonds. The normalized spacial score (nSPS) is 12.0. The van der Waals surface area contributed by atoms with Crippen LogP contribution in [0.2, 0.25) is 5.15 Å². The number of aromatic nitrogens is 1. The predicted molar refractivity (Wildman–Crippen MR) is 86.6 cm³/mol. The molecule has 0 spiro atoms. The number of nitrogens with one attached hydrogen (secondary N) is 1. The average molecular weight is 356 g/mol. The van der Waals surface area contributed by atoms with E-state index in [-0.39, 0.29) is 6.04 Å². The van der Waals surface area contributed by atoms with Crippen molar-refractivity contribution in [3.05, 3.63) is 51.7 Å². The smallest absolute Gasteiger partial charge is 0.143 e. The van der Waals surface area contributed by atoms with Crippen molar-refractivity contribution in [3.63, 3.8) is 0 Å². The predicted octanol–water partition coefficient (Wildman–Crippen LogP) is 5.07. The SMILES string of the molecule is CCOc1ccc(C(C)Nc2cnc(Cl)c(Br)c2)cc1. The number of hydrogen-bond acceptors (Lipinski definition) is 3. The van der Waals surface area contributed by atoms with E-state index in [4.69, 9.17) is 16.3 Å². The van der Waals surface area contributed by atoms with E-state index in [1.807, 2.05) is 25.1 Å². The summed E-state index contributed by atoms with van der Waals surface area (Å²) < 4.78 is 6.22. The summed E-state index contributed by atoms with van der Waals surface area (Å²) >= 11 is 9.25. The van der Waals surface area contributed by atoms with Crippen LogP contribution in [0, 0.1) is 0 Å². The Bertz CT molecular complexity index is 575. The zero-order valence-electron chi connectivity index (χ0n) is 11.4. The summed E-state index contributed by atoms with van der Waals surface area (Å²) in [5.74, 6) is 0.888. The van der Waals surface area contributed by atoms with Crippen LogP contribution in [0.1, 0.15) is 25.5 Å². The van der Waals surface area contributed by atoms with Crippen LogP contribution >= 0.6 is 27.5 Å². The van der Waals surface area contributed by atoms with Crippen molar-refractivity contribution in [1.29, 1.82) is 0 Å². The summed E-state index contributed by atoms with van der Waals surface area (Å²) in [5, 5.41) is 3.85. The Morgan fingerprint density at radius 2 is 2.05 bits per heavy atom. The maximum Gasteiger partial charge on any atom is 0.143 e. The van der Waals surface area contributed by atoms with Crippen molar-refractivity contribution in [1.82, 2.24) is 4.98 Å². The highest BCUT2D eigenvalue weighted by Gasteiger charge is 2.07. The topological polar surface area (TPSA) is 34.1 Å². The van der Waals surface area contributed by atoms with Crippen LogP contribution in [0.3, 0.4) is 0 Å². The minimum absolute atomic E-state index is 0.167. The third kappa shape index (κ3) is 3.87. The molecule has 1 aromatic heterocycles. The molecule has 0 saturated heterocycles. The average Bonchev–Trinajstić information content (AvgIpc) is 2.44. The Morgan fingerprint density at radius 3 is 2.65 bits per heavy atom. The van der Waals surface area contributed by atoms with Crippen LogP contribution in [0.4, 0.5) is 5.69 Å². The van der Waals surface area contributed by atoms with Gasteiger partial charge in [0.2, 0.25) is 0 Å². The molecule has 106 valence electrons. The second-order valence-corrected chi connectivity index (χ2v) is 5.58. The Morgan fingerprint density at radius 1 is 1.35 bits per heavy atom. The van der Waals surface area contributed by atoms with Gasteiger partial charge >= 0.3 is 0 Å². The summed E-state index contributed by atoms with van der Waals surface area (Å²) in [6.45, 7) is 4.75. The molecule has 0 fully saturated rings. The number of nitrogens with zero attached hydrogens (tertiary/aromatic N) is 1. The molecule has 0 bridgehead atoms. The molecule has 0 radical (unpaired) electrons. The lowest BCUT2D eigenvalue weighted by atomic mass is 10.1. The fraction of sp³-hybridized carbons (Fsp3) is 0.267. The fourth-order valence-electron chi connectivity index (χ4n) is 1.85. The summed E-state index contributed by atoms with van der Waals surface area (Å²) in [7, 11) is 0. The van der Waals surface area contributed by atoms with Gasteiger partial charge in [0.15, 0.2) is 0 Å². The number of benzene rings is 1. The van der Waals surface area contributed by atoms with Crippen molar-refractivity contribution in [2.75, 3.05) is 11.9 Å². The molecule has 0 aliphatic heterocycles. The van der Waals surface area contributed by atoms with Gasteiger partial charge in [0.1, 0.15) is 10.9 Å². The maximum atomic E-state index is 5.88. The van der Waals surface area contributed by atoms with Gasteiger partial charge in [-0.1, -0.05) is 23.7 Å². The van der Waals surface area contributed by atoms with Crippen LogP contribution in [0.25, 0.3) is 0 Å². The monoisotopic (exact) mass is 354 g/mol. The second kappa shape index (κ2) is 6.95. The van der Waals surface area contributed by atoms with E-state index in [1.54, 1.807) is 6.20 Å². The molecule has 0 saturated carbocycles. The van der Waals surface area contributed by atoms with Gasteiger partial charge < -0.3 is 10.1 Å². The highest BCUT2D eigenvalue weighted by molar-refractivity contribution is 9.10. The van der Waals surface area contributed by atoms with Gasteiger partial charge in [0.25, 0.3) is 0 Å². The van der Waals surface area contributed by atoms with Gasteiger partial charge in [-0.05, 0) is 53.5 Å². The first-order valence-corrected chi connectivity index (χ1v) is 7.57. The van der Waals surface area contributed by atoms with Gasteiger partial charge in [0, 0.05) is 6.04 Å². The van der Waals surface area contributed by atoms with Crippen molar-refractivity contribution < 1.29 is 4.74 Å². The number of rotatable bonds is 5. The molecule has 1 N–H and O–H groups in total. The van der Waals surface area contributed by atoms with Gasteiger partial charge in [0.05, 0.1) is 23.0 Å². The quantitative estimate of drug-likeness (QED) is 0.760. The molecule has 20 heavy (non-hydrogen) atoms. The van der Waals surface area contributed by atoms with Gasteiger partial charge in [-0.25, -0.2) is 4.98 Å². The van der Waals surface area contributed by atoms with Crippen LogP contribution in [-0.4, -0.2) is 11.6 Å². The number of hydrogen-bond donors (Lipinski definition) is 1. The minimum Gasteiger partial charge on any atom is -0.494 e. The van der Waals surface area contributed by atoms with Gasteiger partial charge in [-0.15, -0.1) is 0 Å². The Balaban J connectivity index is 2.06. The van der Waals surface area contributed by atoms with Crippen molar-refractivity contribution in [3.8, 4) is 5.75 Å². The molecular weight excluding hydrogens is 340 g/mol. The first kappa shape index (κ1) is 15.1. The summed E-state index contributed by atoms with van der Waals surface area (Å²) in [6, 6.07) is 10.2. The second-order valence-electron chi connectivity index (χ2n) is 4.36. The molecule has 1 heterocycles. The molecule has 5 heteroatoms. The zero-order valence-corrected chi connectivity index (χ0v) is 13.7. The maximum absolute atomic E-state index is 5.88.